The van der Waals surface area contributed by atoms with Gasteiger partial charge in [-0.15, -0.1) is 24.0 Å². The second kappa shape index (κ2) is 15.1. The van der Waals surface area contributed by atoms with E-state index in [1.54, 1.807) is 0 Å². The molecular weight excluding hydrogens is 493 g/mol. The van der Waals surface area contributed by atoms with Crippen molar-refractivity contribution in [3.8, 4) is 0 Å². The Morgan fingerprint density at radius 2 is 1.83 bits per heavy atom. The van der Waals surface area contributed by atoms with Crippen LogP contribution >= 0.6 is 24.0 Å². The third kappa shape index (κ3) is 12.2. The van der Waals surface area contributed by atoms with Gasteiger partial charge in [-0.2, -0.15) is 0 Å². The number of hydrogen-bond acceptors (Lipinski definition) is 4. The van der Waals surface area contributed by atoms with Crippen LogP contribution in [0.2, 0.25) is 0 Å². The number of hydrogen-bond donors (Lipinski definition) is 2. The van der Waals surface area contributed by atoms with Crippen molar-refractivity contribution in [2.45, 2.75) is 78.9 Å². The molecule has 0 aromatic heterocycles. The van der Waals surface area contributed by atoms with E-state index in [2.05, 4.69) is 41.3 Å². The normalized spacial score (nSPS) is 16.8. The van der Waals surface area contributed by atoms with E-state index >= 15 is 0 Å². The molecule has 1 heterocycles. The molecule has 0 aromatic rings. The second-order valence-electron chi connectivity index (χ2n) is 9.08. The SMILES string of the molecule is CCN(CC)CCCC(C)NC(=NC)NCC1CCN(C(=O)OC(C)(C)C)CC1.I. The fourth-order valence-corrected chi connectivity index (χ4v) is 3.55. The standard InChI is InChI=1S/C22H45N5O2.HI/c1-8-26(9-2)14-10-11-18(3)25-20(23-7)24-17-19-12-15-27(16-13-19)21(28)29-22(4,5)6;/h18-19H,8-17H2,1-7H3,(H2,23,24,25);1H. The summed E-state index contributed by atoms with van der Waals surface area (Å²) in [6, 6.07) is 0.394. The van der Waals surface area contributed by atoms with E-state index in [9.17, 15) is 4.79 Å². The van der Waals surface area contributed by atoms with Gasteiger partial charge in [0.2, 0.25) is 0 Å². The number of nitrogens with one attached hydrogen (secondary N) is 2. The van der Waals surface area contributed by atoms with Gasteiger partial charge in [-0.1, -0.05) is 13.8 Å². The molecule has 0 bridgehead atoms. The molecule has 1 atom stereocenters. The first kappa shape index (κ1) is 29.2. The smallest absolute Gasteiger partial charge is 0.410 e. The average Bonchev–Trinajstić information content (AvgIpc) is 2.67. The van der Waals surface area contributed by atoms with Crippen LogP contribution in [0.4, 0.5) is 4.79 Å². The van der Waals surface area contributed by atoms with E-state index in [-0.39, 0.29) is 30.1 Å². The molecule has 1 saturated heterocycles. The Balaban J connectivity index is 0.00000841. The van der Waals surface area contributed by atoms with Crippen LogP contribution < -0.4 is 10.6 Å². The fourth-order valence-electron chi connectivity index (χ4n) is 3.55. The molecule has 178 valence electrons. The monoisotopic (exact) mass is 539 g/mol. The van der Waals surface area contributed by atoms with Crippen molar-refractivity contribution in [2.75, 3.05) is 46.3 Å². The lowest BCUT2D eigenvalue weighted by Gasteiger charge is -2.33. The van der Waals surface area contributed by atoms with E-state index in [0.29, 0.717) is 12.0 Å². The summed E-state index contributed by atoms with van der Waals surface area (Å²) >= 11 is 0. The summed E-state index contributed by atoms with van der Waals surface area (Å²) in [5.74, 6) is 1.42. The minimum absolute atomic E-state index is 0. The molecule has 0 spiro atoms. The van der Waals surface area contributed by atoms with E-state index in [1.807, 2.05) is 32.7 Å². The van der Waals surface area contributed by atoms with Crippen molar-refractivity contribution < 1.29 is 9.53 Å². The largest absolute Gasteiger partial charge is 0.444 e. The molecule has 1 aliphatic rings. The van der Waals surface area contributed by atoms with Crippen LogP contribution in [0.5, 0.6) is 0 Å². The molecule has 7 nitrogen and oxygen atoms in total. The Bertz CT molecular complexity index is 498. The maximum absolute atomic E-state index is 12.2. The van der Waals surface area contributed by atoms with Crippen LogP contribution in [0.25, 0.3) is 0 Å². The zero-order chi connectivity index (χ0) is 21.9. The first-order chi connectivity index (χ1) is 13.7. The molecule has 1 rings (SSSR count). The average molecular weight is 540 g/mol. The number of ether oxygens (including phenoxy) is 1. The number of halogens is 1. The van der Waals surface area contributed by atoms with Crippen molar-refractivity contribution >= 4 is 36.0 Å². The number of likely N-dealkylation sites (tertiary alicyclic amines) is 1. The summed E-state index contributed by atoms with van der Waals surface area (Å²) in [5.41, 5.74) is -0.435. The Hall–Kier alpha value is -0.770. The summed E-state index contributed by atoms with van der Waals surface area (Å²) < 4.78 is 5.47. The maximum Gasteiger partial charge on any atom is 0.410 e. The number of carbonyl (C=O) groups is 1. The number of rotatable bonds is 9. The number of aliphatic imine (C=N–C) groups is 1. The number of carbonyl (C=O) groups excluding carboxylic acids is 1. The highest BCUT2D eigenvalue weighted by Crippen LogP contribution is 2.19. The summed E-state index contributed by atoms with van der Waals surface area (Å²) in [5, 5.41) is 6.97. The fraction of sp³-hybridized carbons (Fsp3) is 0.909. The number of guanidine groups is 1. The van der Waals surface area contributed by atoms with Crippen LogP contribution in [-0.4, -0.2) is 79.8 Å². The first-order valence-corrected chi connectivity index (χ1v) is 11.4. The minimum Gasteiger partial charge on any atom is -0.444 e. The van der Waals surface area contributed by atoms with E-state index in [0.717, 1.165) is 64.5 Å². The van der Waals surface area contributed by atoms with Crippen molar-refractivity contribution in [2.24, 2.45) is 10.9 Å². The summed E-state index contributed by atoms with van der Waals surface area (Å²) in [6.45, 7) is 18.2. The zero-order valence-corrected chi connectivity index (χ0v) is 22.6. The Kier molecular flexibility index (Phi) is 14.7. The van der Waals surface area contributed by atoms with Gasteiger partial charge in [0.1, 0.15) is 5.60 Å². The number of nitrogens with zero attached hydrogens (tertiary/aromatic N) is 3. The van der Waals surface area contributed by atoms with Crippen molar-refractivity contribution in [3.05, 3.63) is 0 Å². The van der Waals surface area contributed by atoms with Crippen LogP contribution in [0, 0.1) is 5.92 Å². The second-order valence-corrected chi connectivity index (χ2v) is 9.08. The highest BCUT2D eigenvalue weighted by atomic mass is 127. The Morgan fingerprint density at radius 1 is 1.23 bits per heavy atom. The highest BCUT2D eigenvalue weighted by Gasteiger charge is 2.26. The van der Waals surface area contributed by atoms with Crippen LogP contribution in [0.3, 0.4) is 0 Å². The molecule has 0 radical (unpaired) electrons. The third-order valence-corrected chi connectivity index (χ3v) is 5.44. The summed E-state index contributed by atoms with van der Waals surface area (Å²) in [7, 11) is 1.82. The van der Waals surface area contributed by atoms with Gasteiger partial charge in [0.25, 0.3) is 0 Å². The van der Waals surface area contributed by atoms with Crippen LogP contribution in [0.1, 0.15) is 67.2 Å². The lowest BCUT2D eigenvalue weighted by atomic mass is 9.97. The molecule has 1 fully saturated rings. The van der Waals surface area contributed by atoms with E-state index in [1.165, 1.54) is 6.42 Å². The third-order valence-electron chi connectivity index (χ3n) is 5.44. The van der Waals surface area contributed by atoms with Crippen LogP contribution in [-0.2, 0) is 4.74 Å². The Labute approximate surface area is 201 Å². The lowest BCUT2D eigenvalue weighted by Crippen LogP contribution is -2.47. The molecule has 2 N–H and O–H groups in total. The zero-order valence-electron chi connectivity index (χ0n) is 20.3. The van der Waals surface area contributed by atoms with Crippen molar-refractivity contribution in [3.63, 3.8) is 0 Å². The van der Waals surface area contributed by atoms with Gasteiger partial charge < -0.3 is 25.2 Å². The van der Waals surface area contributed by atoms with Gasteiger partial charge in [0, 0.05) is 32.7 Å². The van der Waals surface area contributed by atoms with Gasteiger partial charge >= 0.3 is 6.09 Å². The minimum atomic E-state index is -0.435. The molecule has 0 aromatic carbocycles. The van der Waals surface area contributed by atoms with Crippen molar-refractivity contribution in [1.82, 2.24) is 20.4 Å². The molecule has 1 amide bonds. The molecule has 30 heavy (non-hydrogen) atoms. The topological polar surface area (TPSA) is 69.2 Å². The van der Waals surface area contributed by atoms with Gasteiger partial charge in [0.15, 0.2) is 5.96 Å². The van der Waals surface area contributed by atoms with Gasteiger partial charge in [-0.25, -0.2) is 4.79 Å². The van der Waals surface area contributed by atoms with Gasteiger partial charge in [0.05, 0.1) is 0 Å². The first-order valence-electron chi connectivity index (χ1n) is 11.4. The highest BCUT2D eigenvalue weighted by molar-refractivity contribution is 14.0. The van der Waals surface area contributed by atoms with E-state index in [4.69, 9.17) is 4.74 Å². The quantitative estimate of drug-likeness (QED) is 0.264. The van der Waals surface area contributed by atoms with Crippen molar-refractivity contribution in [1.29, 1.82) is 0 Å². The number of piperidine rings is 1. The summed E-state index contributed by atoms with van der Waals surface area (Å²) in [6.07, 6.45) is 4.10. The summed E-state index contributed by atoms with van der Waals surface area (Å²) in [4.78, 5) is 20.8. The lowest BCUT2D eigenvalue weighted by molar-refractivity contribution is 0.0185. The molecule has 0 aliphatic carbocycles. The molecule has 8 heteroatoms. The van der Waals surface area contributed by atoms with E-state index < -0.39 is 5.60 Å². The maximum atomic E-state index is 12.2. The number of amides is 1. The molecule has 1 aliphatic heterocycles. The van der Waals surface area contributed by atoms with Gasteiger partial charge in [-0.05, 0) is 78.9 Å². The van der Waals surface area contributed by atoms with Crippen LogP contribution in [0.15, 0.2) is 4.99 Å². The predicted molar refractivity (Wildman–Crippen MR) is 137 cm³/mol. The molecule has 0 saturated carbocycles. The predicted octanol–water partition coefficient (Wildman–Crippen LogP) is 3.93. The molecule has 1 unspecified atom stereocenters. The van der Waals surface area contributed by atoms with Gasteiger partial charge in [-0.3, -0.25) is 4.99 Å². The molecular formula is C22H46IN5O2. The Morgan fingerprint density at radius 3 is 2.33 bits per heavy atom.